The molecule has 0 bridgehead atoms. The predicted octanol–water partition coefficient (Wildman–Crippen LogP) is 9.35. The van der Waals surface area contributed by atoms with E-state index in [0.29, 0.717) is 0 Å². The van der Waals surface area contributed by atoms with E-state index in [0.717, 1.165) is 19.3 Å². The van der Waals surface area contributed by atoms with Crippen molar-refractivity contribution in [1.82, 2.24) is 0 Å². The van der Waals surface area contributed by atoms with E-state index in [1.54, 1.807) is 0 Å². The molecule has 0 aromatic heterocycles. The van der Waals surface area contributed by atoms with Gasteiger partial charge in [0.05, 0.1) is 0 Å². The molecular formula is C25H46. The molecular weight excluding hydrogens is 300 g/mol. The van der Waals surface area contributed by atoms with Crippen LogP contribution in [0.4, 0.5) is 0 Å². The van der Waals surface area contributed by atoms with Crippen molar-refractivity contribution in [3.63, 3.8) is 0 Å². The zero-order chi connectivity index (χ0) is 18.8. The lowest BCUT2D eigenvalue weighted by atomic mass is 10.2. The monoisotopic (exact) mass is 346 g/mol. The van der Waals surface area contributed by atoms with Gasteiger partial charge in [-0.3, -0.25) is 0 Å². The molecule has 0 unspecified atom stereocenters. The second kappa shape index (κ2) is 27.8. The fourth-order valence-corrected chi connectivity index (χ4v) is 2.23. The first-order valence-electron chi connectivity index (χ1n) is 10.9. The molecule has 0 aliphatic heterocycles. The van der Waals surface area contributed by atoms with Crippen LogP contribution < -0.4 is 0 Å². The molecule has 146 valence electrons. The summed E-state index contributed by atoms with van der Waals surface area (Å²) < 4.78 is 0. The van der Waals surface area contributed by atoms with Crippen LogP contribution in [0.25, 0.3) is 0 Å². The van der Waals surface area contributed by atoms with Crippen LogP contribution in [0, 0.1) is 0 Å². The Kier molecular flexibility index (Phi) is 29.1. The van der Waals surface area contributed by atoms with Gasteiger partial charge in [0.2, 0.25) is 0 Å². The van der Waals surface area contributed by atoms with Crippen molar-refractivity contribution in [1.29, 1.82) is 0 Å². The Labute approximate surface area is 160 Å². The molecule has 0 aromatic rings. The number of unbranched alkanes of at least 4 members (excludes halogenated alkanes) is 7. The van der Waals surface area contributed by atoms with Gasteiger partial charge in [-0.1, -0.05) is 121 Å². The first-order valence-corrected chi connectivity index (χ1v) is 10.9. The Bertz CT molecular complexity index is 313. The van der Waals surface area contributed by atoms with E-state index in [4.69, 9.17) is 0 Å². The van der Waals surface area contributed by atoms with Gasteiger partial charge in [0.15, 0.2) is 0 Å². The SMILES string of the molecule is CCC/C=C/C/C=C\C/C=C/C/C=C/CCCCC.CCCCCC. The molecule has 0 aliphatic carbocycles. The second-order valence-corrected chi connectivity index (χ2v) is 6.58. The average molecular weight is 347 g/mol. The van der Waals surface area contributed by atoms with Gasteiger partial charge in [-0.25, -0.2) is 0 Å². The van der Waals surface area contributed by atoms with Crippen molar-refractivity contribution in [2.45, 2.75) is 111 Å². The van der Waals surface area contributed by atoms with Crippen LogP contribution in [0.3, 0.4) is 0 Å². The number of rotatable bonds is 15. The topological polar surface area (TPSA) is 0 Å². The third kappa shape index (κ3) is 31.3. The molecule has 0 radical (unpaired) electrons. The van der Waals surface area contributed by atoms with Crippen molar-refractivity contribution in [2.24, 2.45) is 0 Å². The summed E-state index contributed by atoms with van der Waals surface area (Å²) in [6.07, 6.45) is 34.6. The quantitative estimate of drug-likeness (QED) is 0.204. The Morgan fingerprint density at radius 3 is 1.12 bits per heavy atom. The van der Waals surface area contributed by atoms with Crippen molar-refractivity contribution in [2.75, 3.05) is 0 Å². The van der Waals surface area contributed by atoms with Crippen LogP contribution in [-0.2, 0) is 0 Å². The van der Waals surface area contributed by atoms with Crippen molar-refractivity contribution < 1.29 is 0 Å². The van der Waals surface area contributed by atoms with Gasteiger partial charge in [0.25, 0.3) is 0 Å². The maximum absolute atomic E-state index is 2.31. The van der Waals surface area contributed by atoms with Gasteiger partial charge in [0, 0.05) is 0 Å². The van der Waals surface area contributed by atoms with Gasteiger partial charge < -0.3 is 0 Å². The summed E-state index contributed by atoms with van der Waals surface area (Å²) in [6.45, 7) is 8.92. The Hall–Kier alpha value is -1.04. The summed E-state index contributed by atoms with van der Waals surface area (Å²) in [5.74, 6) is 0. The summed E-state index contributed by atoms with van der Waals surface area (Å²) in [4.78, 5) is 0. The highest BCUT2D eigenvalue weighted by Gasteiger charge is 1.80. The van der Waals surface area contributed by atoms with Gasteiger partial charge >= 0.3 is 0 Å². The van der Waals surface area contributed by atoms with E-state index in [9.17, 15) is 0 Å². The first kappa shape index (κ1) is 26.2. The number of allylic oxidation sites excluding steroid dienone is 8. The minimum atomic E-state index is 1.06. The lowest BCUT2D eigenvalue weighted by Gasteiger charge is -1.90. The summed E-state index contributed by atoms with van der Waals surface area (Å²) in [6, 6.07) is 0. The summed E-state index contributed by atoms with van der Waals surface area (Å²) in [5.41, 5.74) is 0. The highest BCUT2D eigenvalue weighted by molar-refractivity contribution is 4.99. The van der Waals surface area contributed by atoms with Crippen LogP contribution in [0.1, 0.15) is 111 Å². The van der Waals surface area contributed by atoms with Crippen molar-refractivity contribution in [3.8, 4) is 0 Å². The highest BCUT2D eigenvalue weighted by atomic mass is 13.9. The fraction of sp³-hybridized carbons (Fsp3) is 0.680. The molecule has 0 N–H and O–H groups in total. The molecule has 0 fully saturated rings. The first-order chi connectivity index (χ1) is 12.3. The van der Waals surface area contributed by atoms with Crippen LogP contribution in [0.5, 0.6) is 0 Å². The van der Waals surface area contributed by atoms with Crippen molar-refractivity contribution in [3.05, 3.63) is 48.6 Å². The predicted molar refractivity (Wildman–Crippen MR) is 119 cm³/mol. The van der Waals surface area contributed by atoms with Crippen LogP contribution in [0.15, 0.2) is 48.6 Å². The van der Waals surface area contributed by atoms with Crippen LogP contribution in [-0.4, -0.2) is 0 Å². The van der Waals surface area contributed by atoms with Crippen LogP contribution >= 0.6 is 0 Å². The van der Waals surface area contributed by atoms with E-state index in [1.807, 2.05) is 0 Å². The third-order valence-electron chi connectivity index (χ3n) is 3.87. The molecule has 0 heterocycles. The fourth-order valence-electron chi connectivity index (χ4n) is 2.23. The molecule has 0 heteroatoms. The molecule has 0 amide bonds. The standard InChI is InChI=1S/C19H32.C6H14/c1-3-5-7-9-11-13-15-17-19-18-16-14-12-10-8-6-4-2;1-3-5-6-4-2/h7,9,12-15,18-19H,3-6,8,10-11,16-17H2,1-2H3;3-6H2,1-2H3/b9-7+,14-12+,15-13-,19-18+;. The normalized spacial score (nSPS) is 11.8. The zero-order valence-electron chi connectivity index (χ0n) is 17.8. The lowest BCUT2D eigenvalue weighted by Crippen LogP contribution is -1.70. The molecule has 25 heavy (non-hydrogen) atoms. The second-order valence-electron chi connectivity index (χ2n) is 6.58. The van der Waals surface area contributed by atoms with Crippen LogP contribution in [0.2, 0.25) is 0 Å². The van der Waals surface area contributed by atoms with E-state index in [1.165, 1.54) is 64.2 Å². The summed E-state index contributed by atoms with van der Waals surface area (Å²) in [5, 5.41) is 0. The average Bonchev–Trinajstić information content (AvgIpc) is 2.64. The van der Waals surface area contributed by atoms with E-state index in [-0.39, 0.29) is 0 Å². The minimum absolute atomic E-state index is 1.06. The molecule has 0 saturated heterocycles. The largest absolute Gasteiger partial charge is 0.0882 e. The number of hydrogen-bond acceptors (Lipinski definition) is 0. The molecule has 0 rings (SSSR count). The minimum Gasteiger partial charge on any atom is -0.0882 e. The number of hydrogen-bond donors (Lipinski definition) is 0. The van der Waals surface area contributed by atoms with Gasteiger partial charge in [-0.15, -0.1) is 0 Å². The maximum atomic E-state index is 2.31. The third-order valence-corrected chi connectivity index (χ3v) is 3.87. The summed E-state index contributed by atoms with van der Waals surface area (Å²) in [7, 11) is 0. The van der Waals surface area contributed by atoms with E-state index in [2.05, 4.69) is 76.3 Å². The molecule has 0 aliphatic rings. The molecule has 0 atom stereocenters. The van der Waals surface area contributed by atoms with Gasteiger partial charge in [-0.05, 0) is 38.5 Å². The van der Waals surface area contributed by atoms with E-state index >= 15 is 0 Å². The molecule has 0 saturated carbocycles. The van der Waals surface area contributed by atoms with E-state index < -0.39 is 0 Å². The highest BCUT2D eigenvalue weighted by Crippen LogP contribution is 2.01. The maximum Gasteiger partial charge on any atom is -0.0169 e. The Morgan fingerprint density at radius 2 is 0.720 bits per heavy atom. The van der Waals surface area contributed by atoms with Crippen molar-refractivity contribution >= 4 is 0 Å². The summed E-state index contributed by atoms with van der Waals surface area (Å²) >= 11 is 0. The molecule has 0 nitrogen and oxygen atoms in total. The zero-order valence-corrected chi connectivity index (χ0v) is 17.8. The van der Waals surface area contributed by atoms with Gasteiger partial charge in [-0.2, -0.15) is 0 Å². The molecule has 0 aromatic carbocycles. The Morgan fingerprint density at radius 1 is 0.360 bits per heavy atom. The molecule has 0 spiro atoms. The smallest absolute Gasteiger partial charge is 0.0169 e. The lowest BCUT2D eigenvalue weighted by molar-refractivity contribution is 0.702. The van der Waals surface area contributed by atoms with Gasteiger partial charge in [0.1, 0.15) is 0 Å². The Balaban J connectivity index is 0.